The molecule has 0 fully saturated rings. The molecule has 0 aliphatic carbocycles. The number of aromatic amines is 2. The van der Waals surface area contributed by atoms with Crippen molar-refractivity contribution in [2.24, 2.45) is 0 Å². The van der Waals surface area contributed by atoms with Gasteiger partial charge in [-0.25, -0.2) is 4.79 Å². The van der Waals surface area contributed by atoms with E-state index in [1.165, 1.54) is 0 Å². The minimum absolute atomic E-state index is 0.145. The molecular formula is C10H12N2O2S. The SMILES string of the molecule is CC(CO)Sc1ccc2[nH]c(=O)[nH]c2c1. The Balaban J connectivity index is 2.34. The van der Waals surface area contributed by atoms with Crippen LogP contribution < -0.4 is 5.69 Å². The van der Waals surface area contributed by atoms with Gasteiger partial charge in [-0.05, 0) is 18.2 Å². The van der Waals surface area contributed by atoms with E-state index in [9.17, 15) is 4.79 Å². The quantitative estimate of drug-likeness (QED) is 0.689. The Bertz CT molecular complexity index is 517. The second kappa shape index (κ2) is 4.12. The van der Waals surface area contributed by atoms with E-state index in [0.717, 1.165) is 15.9 Å². The number of rotatable bonds is 3. The zero-order valence-corrected chi connectivity index (χ0v) is 9.10. The first-order valence-corrected chi connectivity index (χ1v) is 5.56. The number of benzene rings is 1. The summed E-state index contributed by atoms with van der Waals surface area (Å²) < 4.78 is 0. The molecule has 3 N–H and O–H groups in total. The van der Waals surface area contributed by atoms with Crippen molar-refractivity contribution in [2.75, 3.05) is 6.61 Å². The van der Waals surface area contributed by atoms with Gasteiger partial charge in [-0.15, -0.1) is 11.8 Å². The number of H-pyrrole nitrogens is 2. The Morgan fingerprint density at radius 2 is 2.13 bits per heavy atom. The molecule has 15 heavy (non-hydrogen) atoms. The highest BCUT2D eigenvalue weighted by molar-refractivity contribution is 8.00. The lowest BCUT2D eigenvalue weighted by atomic mass is 10.3. The lowest BCUT2D eigenvalue weighted by molar-refractivity contribution is 0.300. The van der Waals surface area contributed by atoms with Crippen molar-refractivity contribution in [2.45, 2.75) is 17.1 Å². The Hall–Kier alpha value is -1.20. The normalized spacial score (nSPS) is 13.2. The van der Waals surface area contributed by atoms with Crippen molar-refractivity contribution in [3.05, 3.63) is 28.7 Å². The van der Waals surface area contributed by atoms with Gasteiger partial charge in [-0.2, -0.15) is 0 Å². The number of thioether (sulfide) groups is 1. The molecule has 1 aromatic carbocycles. The summed E-state index contributed by atoms with van der Waals surface area (Å²) in [5.74, 6) is 0. The van der Waals surface area contributed by atoms with Gasteiger partial charge in [0.1, 0.15) is 0 Å². The molecule has 5 heteroatoms. The summed E-state index contributed by atoms with van der Waals surface area (Å²) in [4.78, 5) is 17.4. The summed E-state index contributed by atoms with van der Waals surface area (Å²) in [6.07, 6.45) is 0. The second-order valence-corrected chi connectivity index (χ2v) is 4.91. The van der Waals surface area contributed by atoms with Gasteiger partial charge in [0, 0.05) is 10.1 Å². The summed E-state index contributed by atoms with van der Waals surface area (Å²) >= 11 is 1.58. The highest BCUT2D eigenvalue weighted by Gasteiger charge is 2.04. The standard InChI is InChI=1S/C10H12N2O2S/c1-6(5-13)15-7-2-3-8-9(4-7)12-10(14)11-8/h2-4,6,13H,5H2,1H3,(H2,11,12,14). The molecule has 0 radical (unpaired) electrons. The third-order valence-electron chi connectivity index (χ3n) is 2.08. The first-order chi connectivity index (χ1) is 7.19. The largest absolute Gasteiger partial charge is 0.395 e. The monoisotopic (exact) mass is 224 g/mol. The van der Waals surface area contributed by atoms with Crippen LogP contribution in [0, 0.1) is 0 Å². The number of aliphatic hydroxyl groups is 1. The number of fused-ring (bicyclic) bond motifs is 1. The molecule has 0 aliphatic rings. The smallest absolute Gasteiger partial charge is 0.323 e. The van der Waals surface area contributed by atoms with Crippen LogP contribution in [0.5, 0.6) is 0 Å². The van der Waals surface area contributed by atoms with Gasteiger partial charge < -0.3 is 15.1 Å². The van der Waals surface area contributed by atoms with Crippen LogP contribution in [-0.4, -0.2) is 26.9 Å². The van der Waals surface area contributed by atoms with Crippen LogP contribution >= 0.6 is 11.8 Å². The van der Waals surface area contributed by atoms with E-state index in [4.69, 9.17) is 5.11 Å². The second-order valence-electron chi connectivity index (χ2n) is 3.40. The van der Waals surface area contributed by atoms with Crippen LogP contribution in [0.1, 0.15) is 6.92 Å². The lowest BCUT2D eigenvalue weighted by Gasteiger charge is -2.06. The predicted octanol–water partition coefficient (Wildman–Crippen LogP) is 1.33. The molecule has 1 atom stereocenters. The highest BCUT2D eigenvalue weighted by Crippen LogP contribution is 2.24. The van der Waals surface area contributed by atoms with Crippen molar-refractivity contribution < 1.29 is 5.11 Å². The summed E-state index contributed by atoms with van der Waals surface area (Å²) in [5, 5.41) is 9.09. The number of nitrogens with one attached hydrogen (secondary N) is 2. The zero-order chi connectivity index (χ0) is 10.8. The van der Waals surface area contributed by atoms with Crippen molar-refractivity contribution in [3.63, 3.8) is 0 Å². The van der Waals surface area contributed by atoms with Crippen LogP contribution in [0.15, 0.2) is 27.9 Å². The number of imidazole rings is 1. The van der Waals surface area contributed by atoms with E-state index in [1.54, 1.807) is 11.8 Å². The molecule has 1 heterocycles. The van der Waals surface area contributed by atoms with E-state index >= 15 is 0 Å². The molecule has 0 bridgehead atoms. The van der Waals surface area contributed by atoms with Crippen LogP contribution in [0.3, 0.4) is 0 Å². The van der Waals surface area contributed by atoms with Gasteiger partial charge >= 0.3 is 5.69 Å². The Morgan fingerprint density at radius 1 is 1.40 bits per heavy atom. The van der Waals surface area contributed by atoms with Gasteiger partial charge in [0.2, 0.25) is 0 Å². The Morgan fingerprint density at radius 3 is 2.87 bits per heavy atom. The topological polar surface area (TPSA) is 68.9 Å². The van der Waals surface area contributed by atoms with Gasteiger partial charge in [-0.1, -0.05) is 6.92 Å². The zero-order valence-electron chi connectivity index (χ0n) is 8.28. The number of aliphatic hydroxyl groups excluding tert-OH is 1. The minimum Gasteiger partial charge on any atom is -0.395 e. The Kier molecular flexibility index (Phi) is 2.83. The van der Waals surface area contributed by atoms with Gasteiger partial charge in [0.25, 0.3) is 0 Å². The number of hydrogen-bond acceptors (Lipinski definition) is 3. The molecule has 2 rings (SSSR count). The molecule has 1 unspecified atom stereocenters. The molecular weight excluding hydrogens is 212 g/mol. The van der Waals surface area contributed by atoms with Crippen molar-refractivity contribution in [3.8, 4) is 0 Å². The number of hydrogen-bond donors (Lipinski definition) is 3. The van der Waals surface area contributed by atoms with Crippen molar-refractivity contribution in [1.82, 2.24) is 9.97 Å². The number of aromatic nitrogens is 2. The van der Waals surface area contributed by atoms with Crippen LogP contribution in [0.2, 0.25) is 0 Å². The molecule has 0 spiro atoms. The van der Waals surface area contributed by atoms with E-state index < -0.39 is 0 Å². The van der Waals surface area contributed by atoms with Crippen LogP contribution in [0.4, 0.5) is 0 Å². The molecule has 1 aromatic heterocycles. The molecule has 0 saturated heterocycles. The fraction of sp³-hybridized carbons (Fsp3) is 0.300. The third kappa shape index (κ3) is 2.24. The van der Waals surface area contributed by atoms with E-state index in [2.05, 4.69) is 9.97 Å². The first-order valence-electron chi connectivity index (χ1n) is 4.68. The lowest BCUT2D eigenvalue weighted by Crippen LogP contribution is -2.01. The molecule has 0 aliphatic heterocycles. The van der Waals surface area contributed by atoms with Gasteiger partial charge in [-0.3, -0.25) is 0 Å². The predicted molar refractivity (Wildman–Crippen MR) is 61.3 cm³/mol. The molecule has 80 valence electrons. The van der Waals surface area contributed by atoms with Crippen LogP contribution in [0.25, 0.3) is 11.0 Å². The molecule has 0 saturated carbocycles. The molecule has 2 aromatic rings. The first kappa shape index (κ1) is 10.3. The fourth-order valence-electron chi connectivity index (χ4n) is 1.35. The van der Waals surface area contributed by atoms with E-state index in [0.29, 0.717) is 0 Å². The average Bonchev–Trinajstić information content (AvgIpc) is 2.57. The summed E-state index contributed by atoms with van der Waals surface area (Å²) in [5.41, 5.74) is 1.42. The Labute approximate surface area is 90.7 Å². The maximum Gasteiger partial charge on any atom is 0.323 e. The summed E-state index contributed by atoms with van der Waals surface area (Å²) in [6, 6.07) is 5.70. The maximum absolute atomic E-state index is 11.0. The summed E-state index contributed by atoms with van der Waals surface area (Å²) in [7, 11) is 0. The maximum atomic E-state index is 11.0. The van der Waals surface area contributed by atoms with Crippen molar-refractivity contribution in [1.29, 1.82) is 0 Å². The molecule has 0 amide bonds. The molecule has 4 nitrogen and oxygen atoms in total. The summed E-state index contributed by atoms with van der Waals surface area (Å²) in [6.45, 7) is 2.10. The van der Waals surface area contributed by atoms with E-state index in [-0.39, 0.29) is 17.5 Å². The van der Waals surface area contributed by atoms with Crippen molar-refractivity contribution >= 4 is 22.8 Å². The van der Waals surface area contributed by atoms with Gasteiger partial charge in [0.05, 0.1) is 17.6 Å². The van der Waals surface area contributed by atoms with E-state index in [1.807, 2.05) is 25.1 Å². The average molecular weight is 224 g/mol. The minimum atomic E-state index is -0.192. The van der Waals surface area contributed by atoms with Crippen LogP contribution in [-0.2, 0) is 0 Å². The highest BCUT2D eigenvalue weighted by atomic mass is 32.2. The third-order valence-corrected chi connectivity index (χ3v) is 3.16. The fourth-order valence-corrected chi connectivity index (χ4v) is 2.23. The van der Waals surface area contributed by atoms with Gasteiger partial charge in [0.15, 0.2) is 0 Å².